The van der Waals surface area contributed by atoms with E-state index in [4.69, 9.17) is 16.3 Å². The second-order valence-corrected chi connectivity index (χ2v) is 9.45. The minimum Gasteiger partial charge on any atom is -0.495 e. The smallest absolute Gasteiger partial charge is 0.261 e. The zero-order valence-electron chi connectivity index (χ0n) is 13.7. The van der Waals surface area contributed by atoms with E-state index in [2.05, 4.69) is 4.72 Å². The first kappa shape index (κ1) is 19.5. The van der Waals surface area contributed by atoms with E-state index in [-0.39, 0.29) is 21.2 Å². The molecule has 0 aromatic heterocycles. The van der Waals surface area contributed by atoms with E-state index in [9.17, 15) is 16.8 Å². The quantitative estimate of drug-likeness (QED) is 0.797. The fourth-order valence-electron chi connectivity index (χ4n) is 1.97. The SMILES string of the molecule is COc1ccc(NS(=O)(=O)c2ccc(Cl)cc2)cc1S(=O)(=O)N(C)C. The molecule has 2 aromatic carbocycles. The Morgan fingerprint density at radius 1 is 1.00 bits per heavy atom. The number of nitrogens with one attached hydrogen (secondary N) is 1. The van der Waals surface area contributed by atoms with E-state index in [1.54, 1.807) is 0 Å². The van der Waals surface area contributed by atoms with Gasteiger partial charge in [-0.05, 0) is 42.5 Å². The first-order valence-electron chi connectivity index (χ1n) is 6.97. The van der Waals surface area contributed by atoms with Crippen LogP contribution in [-0.2, 0) is 20.0 Å². The Morgan fingerprint density at radius 2 is 1.60 bits per heavy atom. The molecule has 0 atom stereocenters. The Hall–Kier alpha value is -1.81. The van der Waals surface area contributed by atoms with Crippen LogP contribution in [0.2, 0.25) is 5.02 Å². The van der Waals surface area contributed by atoms with Crippen molar-refractivity contribution in [2.45, 2.75) is 9.79 Å². The molecule has 0 spiro atoms. The van der Waals surface area contributed by atoms with E-state index < -0.39 is 20.0 Å². The van der Waals surface area contributed by atoms with Gasteiger partial charge in [-0.3, -0.25) is 4.72 Å². The van der Waals surface area contributed by atoms with Crippen LogP contribution in [0.3, 0.4) is 0 Å². The number of halogens is 1. The van der Waals surface area contributed by atoms with Crippen molar-refractivity contribution < 1.29 is 21.6 Å². The van der Waals surface area contributed by atoms with Crippen LogP contribution >= 0.6 is 11.6 Å². The van der Waals surface area contributed by atoms with Gasteiger partial charge in [0, 0.05) is 19.1 Å². The van der Waals surface area contributed by atoms with Crippen molar-refractivity contribution in [3.05, 3.63) is 47.5 Å². The lowest BCUT2D eigenvalue weighted by Gasteiger charge is -2.16. The van der Waals surface area contributed by atoms with Gasteiger partial charge in [0.1, 0.15) is 10.6 Å². The van der Waals surface area contributed by atoms with Crippen LogP contribution in [0.1, 0.15) is 0 Å². The summed E-state index contributed by atoms with van der Waals surface area (Å²) >= 11 is 5.76. The Labute approximate surface area is 152 Å². The molecule has 0 unspecified atom stereocenters. The van der Waals surface area contributed by atoms with E-state index in [0.717, 1.165) is 4.31 Å². The fraction of sp³-hybridized carbons (Fsp3) is 0.200. The summed E-state index contributed by atoms with van der Waals surface area (Å²) in [5, 5.41) is 0.405. The van der Waals surface area contributed by atoms with Crippen molar-refractivity contribution in [3.8, 4) is 5.75 Å². The van der Waals surface area contributed by atoms with Crippen molar-refractivity contribution in [1.82, 2.24) is 4.31 Å². The topological polar surface area (TPSA) is 92.8 Å². The highest BCUT2D eigenvalue weighted by atomic mass is 35.5. The third kappa shape index (κ3) is 4.24. The Balaban J connectivity index is 2.46. The van der Waals surface area contributed by atoms with E-state index in [0.29, 0.717) is 5.02 Å². The van der Waals surface area contributed by atoms with Crippen LogP contribution in [0.5, 0.6) is 5.75 Å². The van der Waals surface area contributed by atoms with Crippen molar-refractivity contribution in [2.75, 3.05) is 25.9 Å². The molecule has 2 aromatic rings. The summed E-state index contributed by atoms with van der Waals surface area (Å²) in [5.41, 5.74) is 0.0937. The number of anilines is 1. The maximum absolute atomic E-state index is 12.4. The number of nitrogens with zero attached hydrogens (tertiary/aromatic N) is 1. The molecule has 0 heterocycles. The molecule has 7 nitrogen and oxygen atoms in total. The highest BCUT2D eigenvalue weighted by Crippen LogP contribution is 2.30. The number of methoxy groups -OCH3 is 1. The largest absolute Gasteiger partial charge is 0.495 e. The van der Waals surface area contributed by atoms with Gasteiger partial charge in [0.15, 0.2) is 0 Å². The number of hydrogen-bond acceptors (Lipinski definition) is 5. The maximum Gasteiger partial charge on any atom is 0.261 e. The average Bonchev–Trinajstić information content (AvgIpc) is 2.54. The van der Waals surface area contributed by atoms with Gasteiger partial charge in [-0.2, -0.15) is 0 Å². The van der Waals surface area contributed by atoms with E-state index in [1.807, 2.05) is 0 Å². The van der Waals surface area contributed by atoms with E-state index in [1.165, 1.54) is 63.7 Å². The van der Waals surface area contributed by atoms with Crippen molar-refractivity contribution >= 4 is 37.3 Å². The monoisotopic (exact) mass is 404 g/mol. The summed E-state index contributed by atoms with van der Waals surface area (Å²) < 4.78 is 58.0. The maximum atomic E-state index is 12.4. The summed E-state index contributed by atoms with van der Waals surface area (Å²) in [5.74, 6) is 0.114. The predicted octanol–water partition coefficient (Wildman–Crippen LogP) is 2.40. The van der Waals surface area contributed by atoms with E-state index >= 15 is 0 Å². The number of hydrogen-bond donors (Lipinski definition) is 1. The summed E-state index contributed by atoms with van der Waals surface area (Å²) in [6.45, 7) is 0. The summed E-state index contributed by atoms with van der Waals surface area (Å²) in [4.78, 5) is -0.138. The molecule has 0 bridgehead atoms. The van der Waals surface area contributed by atoms with Crippen LogP contribution in [0.4, 0.5) is 5.69 Å². The molecule has 25 heavy (non-hydrogen) atoms. The summed E-state index contributed by atoms with van der Waals surface area (Å²) in [7, 11) is -3.62. The molecular formula is C15H17ClN2O5S2. The minimum absolute atomic E-state index is 0.00438. The minimum atomic E-state index is -3.89. The molecule has 136 valence electrons. The highest BCUT2D eigenvalue weighted by molar-refractivity contribution is 7.92. The third-order valence-electron chi connectivity index (χ3n) is 3.30. The van der Waals surface area contributed by atoms with Gasteiger partial charge in [0.25, 0.3) is 10.0 Å². The van der Waals surface area contributed by atoms with Gasteiger partial charge >= 0.3 is 0 Å². The Kier molecular flexibility index (Phi) is 5.62. The molecule has 0 aliphatic heterocycles. The van der Waals surface area contributed by atoms with Gasteiger partial charge in [-0.25, -0.2) is 21.1 Å². The van der Waals surface area contributed by atoms with Gasteiger partial charge in [0.05, 0.1) is 17.7 Å². The molecule has 0 saturated carbocycles. The van der Waals surface area contributed by atoms with Crippen LogP contribution < -0.4 is 9.46 Å². The summed E-state index contributed by atoms with van der Waals surface area (Å²) in [6, 6.07) is 9.62. The van der Waals surface area contributed by atoms with Crippen molar-refractivity contribution in [1.29, 1.82) is 0 Å². The highest BCUT2D eigenvalue weighted by Gasteiger charge is 2.24. The molecule has 0 radical (unpaired) electrons. The van der Waals surface area contributed by atoms with Crippen molar-refractivity contribution in [3.63, 3.8) is 0 Å². The molecule has 0 fully saturated rings. The lowest BCUT2D eigenvalue weighted by Crippen LogP contribution is -2.23. The first-order valence-corrected chi connectivity index (χ1v) is 10.3. The molecule has 2 rings (SSSR count). The second kappa shape index (κ2) is 7.20. The fourth-order valence-corrected chi connectivity index (χ4v) is 4.22. The van der Waals surface area contributed by atoms with Crippen LogP contribution in [0.25, 0.3) is 0 Å². The summed E-state index contributed by atoms with van der Waals surface area (Å²) in [6.07, 6.45) is 0. The number of rotatable bonds is 6. The molecular weight excluding hydrogens is 388 g/mol. The van der Waals surface area contributed by atoms with Crippen LogP contribution in [0.15, 0.2) is 52.3 Å². The zero-order valence-corrected chi connectivity index (χ0v) is 16.1. The molecule has 10 heteroatoms. The van der Waals surface area contributed by atoms with Gasteiger partial charge in [0.2, 0.25) is 10.0 Å². The van der Waals surface area contributed by atoms with Crippen LogP contribution in [0, 0.1) is 0 Å². The third-order valence-corrected chi connectivity index (χ3v) is 6.78. The first-order chi connectivity index (χ1) is 11.6. The van der Waals surface area contributed by atoms with Crippen LogP contribution in [-0.4, -0.2) is 42.3 Å². The molecule has 0 aliphatic carbocycles. The molecule has 0 aliphatic rings. The average molecular weight is 405 g/mol. The lowest BCUT2D eigenvalue weighted by atomic mass is 10.3. The normalized spacial score (nSPS) is 12.2. The van der Waals surface area contributed by atoms with Gasteiger partial charge in [-0.15, -0.1) is 0 Å². The molecule has 0 saturated heterocycles. The second-order valence-electron chi connectivity index (χ2n) is 5.21. The number of ether oxygens (including phenoxy) is 1. The number of benzene rings is 2. The molecule has 1 N–H and O–H groups in total. The standard InChI is InChI=1S/C15H17ClN2O5S2/c1-18(2)25(21,22)15-10-12(6-9-14(15)23-3)17-24(19,20)13-7-4-11(16)5-8-13/h4-10,17H,1-3H3. The van der Waals surface area contributed by atoms with Gasteiger partial charge in [-0.1, -0.05) is 11.6 Å². The lowest BCUT2D eigenvalue weighted by molar-refractivity contribution is 0.400. The van der Waals surface area contributed by atoms with Crippen molar-refractivity contribution in [2.24, 2.45) is 0 Å². The Bertz CT molecular complexity index is 971. The molecule has 0 amide bonds. The Morgan fingerprint density at radius 3 is 2.12 bits per heavy atom. The predicted molar refractivity (Wildman–Crippen MR) is 96.1 cm³/mol. The zero-order chi connectivity index (χ0) is 18.8. The van der Waals surface area contributed by atoms with Gasteiger partial charge < -0.3 is 4.74 Å². The number of sulfonamides is 2.